The number of esters is 1. The molecule has 518 valence electrons. The second-order valence-corrected chi connectivity index (χ2v) is 20.6. The Morgan fingerprint density at radius 1 is 0.456 bits per heavy atom. The van der Waals surface area contributed by atoms with E-state index in [-0.39, 0.29) is 6.61 Å². The van der Waals surface area contributed by atoms with Crippen molar-refractivity contribution in [2.24, 2.45) is 5.92 Å². The number of benzene rings is 1. The van der Waals surface area contributed by atoms with E-state index in [2.05, 4.69) is 20.9 Å². The lowest BCUT2D eigenvalue weighted by Gasteiger charge is -2.25. The van der Waals surface area contributed by atoms with E-state index in [0.29, 0.717) is 210 Å². The first-order chi connectivity index (χ1) is 43.9. The molecule has 0 spiro atoms. The highest BCUT2D eigenvalue weighted by Crippen LogP contribution is 2.20. The minimum Gasteiger partial charge on any atom is -0.461 e. The standard InChI is InChI=1S/C62H107N5O23/c1-51(2)60(65-57(69)49-67-58(70)13-14-59(67)71)62(73)63-52(3)61(72)64-56-12-11-55(50-90-53(4)68)54(48-56)10-7-15-66(16-8-18-76-24-26-80-32-34-84-40-42-88-46-44-86-38-36-82-30-28-78-22-20-74-5)17-9-19-77-25-27-81-33-35-85-41-43-89-47-45-87-39-37-83-31-29-79-23-21-75-6/h11-14,48,51-52,60H,7-10,15-47,49-50H2,1-6H3,(H,63,73)(H,64,72)(H,65,69)/t52-,60-/m0/s1. The van der Waals surface area contributed by atoms with Gasteiger partial charge < -0.3 is 101 Å². The van der Waals surface area contributed by atoms with Crippen molar-refractivity contribution in [2.75, 3.05) is 244 Å². The van der Waals surface area contributed by atoms with Crippen molar-refractivity contribution < 1.29 is 109 Å². The zero-order valence-corrected chi connectivity index (χ0v) is 54.5. The van der Waals surface area contributed by atoms with Gasteiger partial charge in [-0.15, -0.1) is 0 Å². The van der Waals surface area contributed by atoms with Crippen molar-refractivity contribution in [2.45, 2.75) is 72.1 Å². The SMILES string of the molecule is COCCOCCOCCOCCOCCOCCOCCOCCCN(CCCOCCOCCOCCOCCOCCOCCOCCOC)CCCc1cc(NC(=O)[C@H](C)NC(=O)[C@@H](NC(=O)CN2C(=O)C=CC2=O)C(C)C)ccc1COC(C)=O. The molecule has 2 atom stereocenters. The van der Waals surface area contributed by atoms with Gasteiger partial charge in [0.1, 0.15) is 25.2 Å². The normalized spacial score (nSPS) is 13.0. The minimum absolute atomic E-state index is 0.0464. The van der Waals surface area contributed by atoms with Crippen LogP contribution in [0.1, 0.15) is 58.1 Å². The summed E-state index contributed by atoms with van der Waals surface area (Å²) in [4.78, 5) is 78.6. The molecule has 1 aliphatic rings. The summed E-state index contributed by atoms with van der Waals surface area (Å²) in [5, 5.41) is 8.12. The van der Waals surface area contributed by atoms with Gasteiger partial charge in [-0.1, -0.05) is 19.9 Å². The monoisotopic (exact) mass is 1290 g/mol. The van der Waals surface area contributed by atoms with Gasteiger partial charge in [-0.25, -0.2) is 0 Å². The fourth-order valence-electron chi connectivity index (χ4n) is 8.10. The average Bonchev–Trinajstić information content (AvgIpc) is 1.68. The number of carbonyl (C=O) groups excluding carboxylic acids is 6. The Morgan fingerprint density at radius 2 is 0.811 bits per heavy atom. The fraction of sp³-hybridized carbons (Fsp3) is 0.774. The quantitative estimate of drug-likeness (QED) is 0.0476. The molecule has 28 heteroatoms. The number of rotatable bonds is 64. The maximum atomic E-state index is 13.5. The van der Waals surface area contributed by atoms with E-state index in [1.165, 1.54) is 13.8 Å². The summed E-state index contributed by atoms with van der Waals surface area (Å²) in [5.74, 6) is -3.90. The van der Waals surface area contributed by atoms with E-state index in [1.807, 2.05) is 6.07 Å². The van der Waals surface area contributed by atoms with Crippen LogP contribution in [-0.4, -0.2) is 296 Å². The lowest BCUT2D eigenvalue weighted by Crippen LogP contribution is -2.55. The van der Waals surface area contributed by atoms with Crippen molar-refractivity contribution in [3.63, 3.8) is 0 Å². The van der Waals surface area contributed by atoms with E-state index in [4.69, 9.17) is 80.5 Å². The number of hydrogen-bond acceptors (Lipinski definition) is 24. The highest BCUT2D eigenvalue weighted by molar-refractivity contribution is 6.14. The van der Waals surface area contributed by atoms with Crippen LogP contribution in [0.2, 0.25) is 0 Å². The molecule has 0 fully saturated rings. The molecule has 3 N–H and O–H groups in total. The second kappa shape index (κ2) is 57.0. The smallest absolute Gasteiger partial charge is 0.302 e. The zero-order chi connectivity index (χ0) is 65.3. The molecular formula is C62H107N5O23. The van der Waals surface area contributed by atoms with E-state index in [0.717, 1.165) is 67.1 Å². The van der Waals surface area contributed by atoms with Crippen molar-refractivity contribution >= 4 is 41.2 Å². The first-order valence-electron chi connectivity index (χ1n) is 31.3. The second-order valence-electron chi connectivity index (χ2n) is 20.6. The number of imide groups is 1. The number of hydrogen-bond donors (Lipinski definition) is 3. The van der Waals surface area contributed by atoms with Crippen LogP contribution in [0, 0.1) is 5.92 Å². The molecular weight excluding hydrogens is 1180 g/mol. The molecule has 1 aliphatic heterocycles. The van der Waals surface area contributed by atoms with Gasteiger partial charge in [0, 0.05) is 65.3 Å². The van der Waals surface area contributed by atoms with Gasteiger partial charge in [0.15, 0.2) is 0 Å². The van der Waals surface area contributed by atoms with Gasteiger partial charge in [-0.2, -0.15) is 0 Å². The first-order valence-corrected chi connectivity index (χ1v) is 31.3. The van der Waals surface area contributed by atoms with Crippen molar-refractivity contribution in [3.8, 4) is 0 Å². The molecule has 0 unspecified atom stereocenters. The lowest BCUT2D eigenvalue weighted by molar-refractivity contribution is -0.142. The van der Waals surface area contributed by atoms with Crippen LogP contribution in [0.5, 0.6) is 0 Å². The summed E-state index contributed by atoms with van der Waals surface area (Å²) in [5.41, 5.74) is 2.13. The fourth-order valence-corrected chi connectivity index (χ4v) is 8.10. The highest BCUT2D eigenvalue weighted by Gasteiger charge is 2.31. The molecule has 1 heterocycles. The third-order valence-electron chi connectivity index (χ3n) is 12.9. The summed E-state index contributed by atoms with van der Waals surface area (Å²) in [6.45, 7) is 22.6. The van der Waals surface area contributed by atoms with Gasteiger partial charge in [-0.05, 0) is 68.3 Å². The predicted molar refractivity (Wildman–Crippen MR) is 330 cm³/mol. The largest absolute Gasteiger partial charge is 0.461 e. The maximum absolute atomic E-state index is 13.5. The first kappa shape index (κ1) is 81.4. The Bertz CT molecular complexity index is 1970. The number of methoxy groups -OCH3 is 2. The summed E-state index contributed by atoms with van der Waals surface area (Å²) in [6.07, 6.45) is 5.03. The molecule has 28 nitrogen and oxygen atoms in total. The Balaban J connectivity index is 1.80. The summed E-state index contributed by atoms with van der Waals surface area (Å²) in [6, 6.07) is 3.26. The van der Waals surface area contributed by atoms with Crippen molar-refractivity contribution in [3.05, 3.63) is 41.5 Å². The minimum atomic E-state index is -1.06. The molecule has 0 aliphatic carbocycles. The third-order valence-corrected chi connectivity index (χ3v) is 12.9. The number of aryl methyl sites for hydroxylation is 1. The third kappa shape index (κ3) is 44.7. The van der Waals surface area contributed by atoms with Gasteiger partial charge in [-0.3, -0.25) is 33.7 Å². The molecule has 5 amide bonds. The Hall–Kier alpha value is -4.70. The number of anilines is 1. The van der Waals surface area contributed by atoms with E-state index in [1.54, 1.807) is 40.2 Å². The van der Waals surface area contributed by atoms with Crippen LogP contribution >= 0.6 is 0 Å². The molecule has 1 aromatic rings. The number of ether oxygens (including phenoxy) is 17. The van der Waals surface area contributed by atoms with Crippen LogP contribution in [0.4, 0.5) is 5.69 Å². The maximum Gasteiger partial charge on any atom is 0.302 e. The molecule has 0 bridgehead atoms. The molecule has 1 aromatic carbocycles. The Labute approximate surface area is 532 Å². The van der Waals surface area contributed by atoms with Crippen LogP contribution < -0.4 is 16.0 Å². The molecule has 90 heavy (non-hydrogen) atoms. The van der Waals surface area contributed by atoms with Crippen molar-refractivity contribution in [1.82, 2.24) is 20.4 Å². The topological polar surface area (TPSA) is 302 Å². The molecule has 0 aromatic heterocycles. The molecule has 0 saturated heterocycles. The number of nitrogens with one attached hydrogen (secondary N) is 3. The van der Waals surface area contributed by atoms with Crippen molar-refractivity contribution in [1.29, 1.82) is 0 Å². The zero-order valence-electron chi connectivity index (χ0n) is 54.5. The predicted octanol–water partition coefficient (Wildman–Crippen LogP) is 1.80. The van der Waals surface area contributed by atoms with E-state index >= 15 is 0 Å². The van der Waals surface area contributed by atoms with Gasteiger partial charge >= 0.3 is 5.97 Å². The lowest BCUT2D eigenvalue weighted by atomic mass is 10.0. The van der Waals surface area contributed by atoms with Crippen LogP contribution in [0.3, 0.4) is 0 Å². The number of nitrogens with zero attached hydrogens (tertiary/aromatic N) is 2. The van der Waals surface area contributed by atoms with E-state index < -0.39 is 60.1 Å². The van der Waals surface area contributed by atoms with E-state index in [9.17, 15) is 28.8 Å². The van der Waals surface area contributed by atoms with Gasteiger partial charge in [0.2, 0.25) is 17.7 Å². The Kier molecular flexibility index (Phi) is 51.6. The summed E-state index contributed by atoms with van der Waals surface area (Å²) in [7, 11) is 3.27. The van der Waals surface area contributed by atoms with Gasteiger partial charge in [0.05, 0.1) is 185 Å². The van der Waals surface area contributed by atoms with Crippen LogP contribution in [0.25, 0.3) is 0 Å². The molecule has 0 radical (unpaired) electrons. The number of amides is 5. The highest BCUT2D eigenvalue weighted by atomic mass is 16.6. The summed E-state index contributed by atoms with van der Waals surface area (Å²) < 4.78 is 93.4. The van der Waals surface area contributed by atoms with Gasteiger partial charge in [0.25, 0.3) is 11.8 Å². The molecule has 2 rings (SSSR count). The molecule has 0 saturated carbocycles. The summed E-state index contributed by atoms with van der Waals surface area (Å²) >= 11 is 0. The average molecular weight is 1290 g/mol. The van der Waals surface area contributed by atoms with Crippen LogP contribution in [-0.2, 0) is 122 Å². The number of carbonyl (C=O) groups is 6. The Morgan fingerprint density at radius 3 is 1.17 bits per heavy atom. The van der Waals surface area contributed by atoms with Crippen LogP contribution in [0.15, 0.2) is 30.4 Å².